The van der Waals surface area contributed by atoms with Crippen LogP contribution >= 0.6 is 0 Å². The van der Waals surface area contributed by atoms with Crippen molar-refractivity contribution in [3.8, 4) is 11.5 Å². The first-order valence-corrected chi connectivity index (χ1v) is 11.6. The van der Waals surface area contributed by atoms with Gasteiger partial charge in [0.25, 0.3) is 0 Å². The number of amides is 1. The molecule has 10 nitrogen and oxygen atoms in total. The van der Waals surface area contributed by atoms with E-state index in [0.717, 1.165) is 49.0 Å². The van der Waals surface area contributed by atoms with E-state index < -0.39 is 5.41 Å². The molecule has 1 aliphatic carbocycles. The van der Waals surface area contributed by atoms with Gasteiger partial charge in [-0.15, -0.1) is 0 Å². The highest BCUT2D eigenvalue weighted by Gasteiger charge is 2.60. The van der Waals surface area contributed by atoms with Crippen molar-refractivity contribution in [1.82, 2.24) is 34.5 Å². The lowest BCUT2D eigenvalue weighted by molar-refractivity contribution is -0.120. The third-order valence-corrected chi connectivity index (χ3v) is 6.75. The summed E-state index contributed by atoms with van der Waals surface area (Å²) in [4.78, 5) is 36.6. The summed E-state index contributed by atoms with van der Waals surface area (Å²) in [5.74, 6) is 1.00. The molecule has 0 radical (unpaired) electrons. The Kier molecular flexibility index (Phi) is 4.58. The number of fused-ring (bicyclic) bond motifs is 2. The second kappa shape index (κ2) is 7.54. The molecule has 0 aromatic carbocycles. The zero-order valence-electron chi connectivity index (χ0n) is 19.1. The number of hydrogen-bond donors (Lipinski definition) is 2. The zero-order chi connectivity index (χ0) is 23.4. The zero-order valence-corrected chi connectivity index (χ0v) is 19.1. The Labute approximate surface area is 196 Å². The van der Waals surface area contributed by atoms with E-state index in [2.05, 4.69) is 32.3 Å². The van der Waals surface area contributed by atoms with E-state index in [1.807, 2.05) is 19.1 Å². The van der Waals surface area contributed by atoms with Crippen LogP contribution in [0.1, 0.15) is 55.1 Å². The molecule has 6 rings (SSSR count). The normalized spacial score (nSPS) is 19.4. The molecule has 0 bridgehead atoms. The molecule has 1 amide bonds. The Morgan fingerprint density at radius 2 is 2.06 bits per heavy atom. The molecule has 4 aromatic heterocycles. The Bertz CT molecular complexity index is 1420. The number of nitrogen functional groups attached to an aromatic ring is 1. The highest BCUT2D eigenvalue weighted by molar-refractivity contribution is 6.09. The van der Waals surface area contributed by atoms with Gasteiger partial charge < -0.3 is 11.1 Å². The molecule has 4 aromatic rings. The second-order valence-corrected chi connectivity index (χ2v) is 9.12. The van der Waals surface area contributed by atoms with Gasteiger partial charge in [0.15, 0.2) is 11.5 Å². The molecule has 5 heterocycles. The number of aryl methyl sites for hydroxylation is 2. The van der Waals surface area contributed by atoms with Gasteiger partial charge in [0.2, 0.25) is 5.91 Å². The number of nitrogens with two attached hydrogens (primary N) is 1. The third-order valence-electron chi connectivity index (χ3n) is 6.75. The fraction of sp³-hybridized carbons (Fsp3) is 0.375. The van der Waals surface area contributed by atoms with Crippen LogP contribution in [0.3, 0.4) is 0 Å². The molecule has 1 fully saturated rings. The lowest BCUT2D eigenvalue weighted by Gasteiger charge is -2.27. The quantitative estimate of drug-likeness (QED) is 0.453. The van der Waals surface area contributed by atoms with Crippen molar-refractivity contribution in [3.63, 3.8) is 0 Å². The van der Waals surface area contributed by atoms with E-state index in [1.54, 1.807) is 16.9 Å². The van der Waals surface area contributed by atoms with Gasteiger partial charge in [-0.2, -0.15) is 5.10 Å². The van der Waals surface area contributed by atoms with E-state index in [4.69, 9.17) is 15.7 Å². The number of hydrogen-bond acceptors (Lipinski definition) is 8. The fourth-order valence-electron chi connectivity index (χ4n) is 4.96. The predicted octanol–water partition coefficient (Wildman–Crippen LogP) is 2.86. The van der Waals surface area contributed by atoms with E-state index in [0.29, 0.717) is 28.6 Å². The minimum absolute atomic E-state index is 0.117. The van der Waals surface area contributed by atoms with Gasteiger partial charge in [-0.1, -0.05) is 19.4 Å². The van der Waals surface area contributed by atoms with Gasteiger partial charge in [-0.25, -0.2) is 24.5 Å². The van der Waals surface area contributed by atoms with Crippen LogP contribution in [-0.2, 0) is 16.6 Å². The van der Waals surface area contributed by atoms with Crippen LogP contribution in [0, 0.1) is 12.8 Å². The van der Waals surface area contributed by atoms with Gasteiger partial charge in [-0.3, -0.25) is 9.78 Å². The van der Waals surface area contributed by atoms with E-state index >= 15 is 0 Å². The summed E-state index contributed by atoms with van der Waals surface area (Å²) in [5, 5.41) is 7.26. The summed E-state index contributed by atoms with van der Waals surface area (Å²) in [7, 11) is 0. The minimum atomic E-state index is -0.971. The van der Waals surface area contributed by atoms with Crippen molar-refractivity contribution >= 4 is 23.2 Å². The number of carbonyl (C=O) groups is 1. The molecule has 1 unspecified atom stereocenters. The smallest absolute Gasteiger partial charge is 0.242 e. The number of anilines is 2. The average Bonchev–Trinajstić information content (AvgIpc) is 3.48. The Morgan fingerprint density at radius 1 is 1.21 bits per heavy atom. The molecule has 3 N–H and O–H groups in total. The number of nitrogens with zero attached hydrogens (tertiary/aromatic N) is 7. The van der Waals surface area contributed by atoms with Gasteiger partial charge >= 0.3 is 0 Å². The Morgan fingerprint density at radius 3 is 2.79 bits per heavy atom. The molecule has 1 atom stereocenters. The van der Waals surface area contributed by atoms with Crippen LogP contribution in [0.2, 0.25) is 0 Å². The molecule has 34 heavy (non-hydrogen) atoms. The first-order valence-electron chi connectivity index (χ1n) is 11.6. The number of pyridine rings is 1. The van der Waals surface area contributed by atoms with Gasteiger partial charge in [0.1, 0.15) is 29.1 Å². The van der Waals surface area contributed by atoms with Crippen molar-refractivity contribution in [2.45, 2.75) is 51.4 Å². The fourth-order valence-corrected chi connectivity index (χ4v) is 4.96. The summed E-state index contributed by atoms with van der Waals surface area (Å²) < 4.78 is 1.68. The molecular weight excluding hydrogens is 430 g/mol. The molecule has 172 valence electrons. The minimum Gasteiger partial charge on any atom is -0.383 e. The van der Waals surface area contributed by atoms with E-state index in [9.17, 15) is 4.79 Å². The number of carbonyl (C=O) groups excluding carboxylic acids is 1. The summed E-state index contributed by atoms with van der Waals surface area (Å²) in [5.41, 5.74) is 10.0. The largest absolute Gasteiger partial charge is 0.383 e. The molecule has 0 saturated heterocycles. The molecule has 1 saturated carbocycles. The number of nitrogens with one attached hydrogen (secondary N) is 1. The standard InChI is InChI=1S/C24H25N9O/c1-3-4-5-15-22-27-12-28-33(22)11-16(29-15)20-30-19(25)18-21(31-20)32-23(34)24(18,14-7-8-14)17-9-6-13(2)10-26-17/h6,9-12,14H,3-5,7-8H2,1-2H3,(H3,25,30,31,32,34). The highest BCUT2D eigenvalue weighted by atomic mass is 16.2. The van der Waals surface area contributed by atoms with Crippen LogP contribution in [-0.4, -0.2) is 40.4 Å². The lowest BCUT2D eigenvalue weighted by Crippen LogP contribution is -2.39. The molecule has 1 aliphatic heterocycles. The summed E-state index contributed by atoms with van der Waals surface area (Å²) in [6, 6.07) is 3.88. The number of aromatic nitrogens is 7. The SMILES string of the molecule is CCCCc1nc(-c2nc(N)c3c(n2)NC(=O)C3(c2ccc(C)cn2)C2CC2)cn2ncnc12. The topological polar surface area (TPSA) is 137 Å². The van der Waals surface area contributed by atoms with Crippen LogP contribution in [0.4, 0.5) is 11.6 Å². The maximum absolute atomic E-state index is 13.5. The van der Waals surface area contributed by atoms with E-state index in [1.165, 1.54) is 6.33 Å². The molecule has 2 aliphatic rings. The van der Waals surface area contributed by atoms with Gasteiger partial charge in [-0.05, 0) is 50.2 Å². The first kappa shape index (κ1) is 20.6. The number of rotatable bonds is 6. The van der Waals surface area contributed by atoms with Crippen LogP contribution in [0.15, 0.2) is 30.9 Å². The monoisotopic (exact) mass is 455 g/mol. The van der Waals surface area contributed by atoms with Crippen LogP contribution in [0.5, 0.6) is 0 Å². The van der Waals surface area contributed by atoms with Crippen LogP contribution < -0.4 is 11.1 Å². The molecule has 0 spiro atoms. The summed E-state index contributed by atoms with van der Waals surface area (Å²) >= 11 is 0. The van der Waals surface area contributed by atoms with Crippen molar-refractivity contribution < 1.29 is 4.79 Å². The maximum Gasteiger partial charge on any atom is 0.242 e. The maximum atomic E-state index is 13.5. The summed E-state index contributed by atoms with van der Waals surface area (Å²) in [6.07, 6.45) is 9.67. The second-order valence-electron chi connectivity index (χ2n) is 9.12. The van der Waals surface area contributed by atoms with Crippen molar-refractivity contribution in [2.24, 2.45) is 5.92 Å². The first-order chi connectivity index (χ1) is 16.5. The lowest BCUT2D eigenvalue weighted by atomic mass is 9.74. The van der Waals surface area contributed by atoms with Crippen molar-refractivity contribution in [2.75, 3.05) is 11.1 Å². The Hall–Kier alpha value is -3.95. The summed E-state index contributed by atoms with van der Waals surface area (Å²) in [6.45, 7) is 4.10. The molecule has 10 heteroatoms. The van der Waals surface area contributed by atoms with Crippen molar-refractivity contribution in [1.29, 1.82) is 0 Å². The van der Waals surface area contributed by atoms with Crippen LogP contribution in [0.25, 0.3) is 17.2 Å². The van der Waals surface area contributed by atoms with Crippen molar-refractivity contribution in [3.05, 3.63) is 53.4 Å². The molecular formula is C24H25N9O. The van der Waals surface area contributed by atoms with Gasteiger partial charge in [0.05, 0.1) is 23.1 Å². The third kappa shape index (κ3) is 2.98. The van der Waals surface area contributed by atoms with E-state index in [-0.39, 0.29) is 17.6 Å². The number of unbranched alkanes of at least 4 members (excludes halogenated alkanes) is 1. The Balaban J connectivity index is 1.50. The average molecular weight is 456 g/mol. The van der Waals surface area contributed by atoms with Gasteiger partial charge in [0, 0.05) is 6.20 Å². The highest BCUT2D eigenvalue weighted by Crippen LogP contribution is 2.57. The predicted molar refractivity (Wildman–Crippen MR) is 126 cm³/mol.